The van der Waals surface area contributed by atoms with Crippen LogP contribution >= 0.6 is 0 Å². The molecule has 0 heterocycles. The minimum absolute atomic E-state index is 0.0107. The van der Waals surface area contributed by atoms with Crippen molar-refractivity contribution >= 4 is 23.2 Å². The number of phenolic OH excluding ortho intramolecular Hbond substituents is 1. The van der Waals surface area contributed by atoms with Crippen LogP contribution in [0.5, 0.6) is 5.75 Å². The molecule has 0 aromatic heterocycles. The summed E-state index contributed by atoms with van der Waals surface area (Å²) in [6, 6.07) is 16.0. The maximum Gasteiger partial charge on any atom is 0.255 e. The molecule has 3 aliphatic rings. The molecule has 1 amide bonds. The number of hydrogen-bond donors (Lipinski definition) is 6. The number of fused-ring (bicyclic) bond motifs is 3. The Bertz CT molecular complexity index is 1850. The Hall–Kier alpha value is -4.84. The van der Waals surface area contributed by atoms with Crippen molar-refractivity contribution in [3.05, 3.63) is 106 Å². The molecule has 0 bridgehead atoms. The summed E-state index contributed by atoms with van der Waals surface area (Å²) >= 11 is 0. The number of phenols is 1. The fraction of sp³-hybridized carbons (Fsp3) is 0.286. The first-order valence-corrected chi connectivity index (χ1v) is 14.9. The molecule has 1 unspecified atom stereocenters. The molecule has 0 saturated heterocycles. The lowest BCUT2D eigenvalue weighted by atomic mass is 9.57. The van der Waals surface area contributed by atoms with Gasteiger partial charge in [-0.2, -0.15) is 0 Å². The van der Waals surface area contributed by atoms with E-state index in [0.717, 1.165) is 16.7 Å². The Labute approximate surface area is 264 Å². The molecule has 3 aliphatic carbocycles. The van der Waals surface area contributed by atoms with E-state index in [2.05, 4.69) is 5.32 Å². The van der Waals surface area contributed by atoms with E-state index in [4.69, 9.17) is 5.73 Å². The van der Waals surface area contributed by atoms with Gasteiger partial charge in [-0.15, -0.1) is 0 Å². The van der Waals surface area contributed by atoms with Crippen LogP contribution in [0.4, 0.5) is 4.39 Å². The summed E-state index contributed by atoms with van der Waals surface area (Å²) in [7, 11) is 3.12. The molecular formula is C35H34FN3O7. The number of nitrogens with one attached hydrogen (secondary N) is 1. The highest BCUT2D eigenvalue weighted by Gasteiger charge is 2.64. The van der Waals surface area contributed by atoms with Crippen molar-refractivity contribution in [2.24, 2.45) is 17.6 Å². The third-order valence-corrected chi connectivity index (χ3v) is 9.42. The van der Waals surface area contributed by atoms with Crippen molar-refractivity contribution in [1.29, 1.82) is 0 Å². The molecule has 4 atom stereocenters. The molecule has 1 saturated carbocycles. The fourth-order valence-corrected chi connectivity index (χ4v) is 7.31. The minimum Gasteiger partial charge on any atom is -0.508 e. The van der Waals surface area contributed by atoms with Gasteiger partial charge in [0.25, 0.3) is 5.91 Å². The zero-order valence-corrected chi connectivity index (χ0v) is 25.3. The highest BCUT2D eigenvalue weighted by Crippen LogP contribution is 2.53. The third kappa shape index (κ3) is 4.87. The van der Waals surface area contributed by atoms with Crippen LogP contribution in [0, 0.1) is 17.7 Å². The van der Waals surface area contributed by atoms with Crippen LogP contribution in [0.1, 0.15) is 28.7 Å². The molecule has 7 N–H and O–H groups in total. The van der Waals surface area contributed by atoms with Crippen LogP contribution in [0.25, 0.3) is 16.9 Å². The number of Topliss-reactive ketones (excluding diaryl/α,β-unsaturated/α-hetero) is 2. The van der Waals surface area contributed by atoms with Crippen LogP contribution in [0.2, 0.25) is 0 Å². The van der Waals surface area contributed by atoms with Gasteiger partial charge in [-0.25, -0.2) is 4.39 Å². The van der Waals surface area contributed by atoms with Crippen LogP contribution in [0.3, 0.4) is 0 Å². The number of primary amides is 1. The second kappa shape index (κ2) is 11.5. The van der Waals surface area contributed by atoms with E-state index < -0.39 is 58.0 Å². The number of aromatic hydroxyl groups is 1. The lowest BCUT2D eigenvalue weighted by Gasteiger charge is -2.50. The Morgan fingerprint density at radius 3 is 2.37 bits per heavy atom. The lowest BCUT2D eigenvalue weighted by molar-refractivity contribution is -0.153. The monoisotopic (exact) mass is 627 g/mol. The van der Waals surface area contributed by atoms with Gasteiger partial charge in [-0.1, -0.05) is 42.5 Å². The van der Waals surface area contributed by atoms with Gasteiger partial charge in [-0.05, 0) is 78.9 Å². The molecule has 10 nitrogen and oxygen atoms in total. The van der Waals surface area contributed by atoms with E-state index >= 15 is 0 Å². The van der Waals surface area contributed by atoms with Gasteiger partial charge in [0, 0.05) is 24.6 Å². The normalized spacial score (nSPS) is 24.2. The van der Waals surface area contributed by atoms with Crippen molar-refractivity contribution in [2.75, 3.05) is 14.1 Å². The first-order valence-electron chi connectivity index (χ1n) is 14.9. The molecule has 0 radical (unpaired) electrons. The molecule has 11 heteroatoms. The van der Waals surface area contributed by atoms with E-state index in [9.17, 15) is 39.2 Å². The van der Waals surface area contributed by atoms with Crippen LogP contribution < -0.4 is 11.1 Å². The topological polar surface area (TPSA) is 173 Å². The van der Waals surface area contributed by atoms with E-state index in [1.54, 1.807) is 26.2 Å². The second-order valence-electron chi connectivity index (χ2n) is 12.4. The highest BCUT2D eigenvalue weighted by molar-refractivity contribution is 6.24. The number of nitrogens with two attached hydrogens (primary N) is 1. The predicted molar refractivity (Wildman–Crippen MR) is 167 cm³/mol. The standard InChI is InChI=1S/C35H34FN3O7/c1-39(2)29-24-14-20-13-23-22(19-8-6-17(7-9-19)15-38-16-18-4-3-5-21(36)12-18)10-11-25(40)27(23)30(41)26(20)32(43)35(24,46)33(44)28(31(29)42)34(37)45/h3-12,20,24,29,38,40-41,44,46H,13-16H2,1-2H3,(H2,37,45)/t20-,24-,29?,35-/m0/s1. The first-order chi connectivity index (χ1) is 21.8. The van der Waals surface area contributed by atoms with Gasteiger partial charge in [0.1, 0.15) is 28.7 Å². The van der Waals surface area contributed by atoms with E-state index in [1.807, 2.05) is 30.3 Å². The number of nitrogens with zero attached hydrogens (tertiary/aromatic N) is 1. The maximum absolute atomic E-state index is 14.0. The zero-order chi connectivity index (χ0) is 33.1. The summed E-state index contributed by atoms with van der Waals surface area (Å²) < 4.78 is 13.5. The van der Waals surface area contributed by atoms with Gasteiger partial charge in [0.15, 0.2) is 11.4 Å². The number of carbonyl (C=O) groups is 3. The molecular weight excluding hydrogens is 593 g/mol. The number of hydrogen-bond acceptors (Lipinski definition) is 9. The van der Waals surface area contributed by atoms with Crippen molar-refractivity contribution < 1.29 is 39.2 Å². The SMILES string of the molecule is CN(C)C1C(=O)C(C(N)=O)=C(O)[C@@]2(O)C(=O)C3=C(O)c4c(O)ccc(-c5ccc(CNCc6cccc(F)c6)cc5)c4C[C@H]3C[C@@H]12. The quantitative estimate of drug-likeness (QED) is 0.215. The number of rotatable bonds is 7. The summed E-state index contributed by atoms with van der Waals surface area (Å²) in [6.45, 7) is 1.03. The number of halogens is 1. The van der Waals surface area contributed by atoms with E-state index in [1.165, 1.54) is 23.1 Å². The number of carbonyl (C=O) groups excluding carboxylic acids is 3. The van der Waals surface area contributed by atoms with Gasteiger partial charge in [-0.3, -0.25) is 19.3 Å². The van der Waals surface area contributed by atoms with Crippen LogP contribution in [0.15, 0.2) is 77.6 Å². The number of aliphatic hydroxyl groups excluding tert-OH is 2. The average molecular weight is 628 g/mol. The van der Waals surface area contributed by atoms with Gasteiger partial charge >= 0.3 is 0 Å². The zero-order valence-electron chi connectivity index (χ0n) is 25.3. The van der Waals surface area contributed by atoms with Crippen LogP contribution in [-0.4, -0.2) is 68.5 Å². The molecule has 3 aromatic rings. The first kappa shape index (κ1) is 31.2. The fourth-order valence-electron chi connectivity index (χ4n) is 7.31. The number of benzene rings is 3. The summed E-state index contributed by atoms with van der Waals surface area (Å²) in [5, 5.41) is 48.4. The smallest absolute Gasteiger partial charge is 0.255 e. The lowest BCUT2D eigenvalue weighted by Crippen LogP contribution is -2.65. The Morgan fingerprint density at radius 2 is 1.72 bits per heavy atom. The van der Waals surface area contributed by atoms with E-state index in [-0.39, 0.29) is 35.5 Å². The molecule has 46 heavy (non-hydrogen) atoms. The highest BCUT2D eigenvalue weighted by atomic mass is 19.1. The van der Waals surface area contributed by atoms with Crippen molar-refractivity contribution in [3.63, 3.8) is 0 Å². The number of likely N-dealkylation sites (N-methyl/N-ethyl adjacent to an activating group) is 1. The molecule has 6 rings (SSSR count). The number of ketones is 2. The molecule has 0 spiro atoms. The Balaban J connectivity index is 1.35. The van der Waals surface area contributed by atoms with Crippen LogP contribution in [-0.2, 0) is 33.9 Å². The summed E-state index contributed by atoms with van der Waals surface area (Å²) in [5.74, 6) is -7.16. The average Bonchev–Trinajstić information content (AvgIpc) is 2.99. The number of aliphatic hydroxyl groups is 3. The number of amides is 1. The van der Waals surface area contributed by atoms with Gasteiger partial charge in [0.2, 0.25) is 5.78 Å². The van der Waals surface area contributed by atoms with Crippen molar-refractivity contribution in [1.82, 2.24) is 10.2 Å². The van der Waals surface area contributed by atoms with E-state index in [0.29, 0.717) is 24.2 Å². The molecule has 1 fully saturated rings. The predicted octanol–water partition coefficient (Wildman–Crippen LogP) is 3.06. The maximum atomic E-state index is 14.0. The van der Waals surface area contributed by atoms with Crippen molar-refractivity contribution in [2.45, 2.75) is 37.6 Å². The molecule has 3 aromatic carbocycles. The van der Waals surface area contributed by atoms with Gasteiger partial charge < -0.3 is 31.5 Å². The van der Waals surface area contributed by atoms with Crippen molar-refractivity contribution in [3.8, 4) is 16.9 Å². The Morgan fingerprint density at radius 1 is 1.02 bits per heavy atom. The minimum atomic E-state index is -2.68. The Kier molecular flexibility index (Phi) is 7.79. The molecule has 238 valence electrons. The summed E-state index contributed by atoms with van der Waals surface area (Å²) in [4.78, 5) is 41.0. The summed E-state index contributed by atoms with van der Waals surface area (Å²) in [6.07, 6.45) is 0.200. The van der Waals surface area contributed by atoms with Gasteiger partial charge in [0.05, 0.1) is 11.6 Å². The second-order valence-corrected chi connectivity index (χ2v) is 12.4. The largest absolute Gasteiger partial charge is 0.508 e. The molecule has 0 aliphatic heterocycles. The summed E-state index contributed by atoms with van der Waals surface area (Å²) in [5.41, 5.74) is 5.60. The third-order valence-electron chi connectivity index (χ3n) is 9.42.